The van der Waals surface area contributed by atoms with Crippen molar-refractivity contribution in [3.8, 4) is 17.0 Å². The Balaban J connectivity index is 1.69. The summed E-state index contributed by atoms with van der Waals surface area (Å²) >= 11 is 0. The number of aromatic nitrogens is 2. The van der Waals surface area contributed by atoms with E-state index < -0.39 is 0 Å². The van der Waals surface area contributed by atoms with E-state index in [4.69, 9.17) is 4.74 Å². The summed E-state index contributed by atoms with van der Waals surface area (Å²) in [6.45, 7) is 0. The van der Waals surface area contributed by atoms with Gasteiger partial charge in [0.25, 0.3) is 0 Å². The molecule has 0 saturated carbocycles. The Bertz CT molecular complexity index is 1070. The van der Waals surface area contributed by atoms with Crippen molar-refractivity contribution in [2.45, 2.75) is 0 Å². The van der Waals surface area contributed by atoms with Crippen LogP contribution in [0.15, 0.2) is 79.0 Å². The largest absolute Gasteiger partial charge is 0.497 e. The normalized spacial score (nSPS) is 10.7. The lowest BCUT2D eigenvalue weighted by atomic mass is 10.0. The van der Waals surface area contributed by atoms with Crippen molar-refractivity contribution < 1.29 is 9.53 Å². The van der Waals surface area contributed by atoms with Crippen molar-refractivity contribution >= 4 is 16.8 Å². The minimum Gasteiger partial charge on any atom is -0.497 e. The molecule has 0 aliphatic heterocycles. The predicted molar refractivity (Wildman–Crippen MR) is 101 cm³/mol. The van der Waals surface area contributed by atoms with Crippen molar-refractivity contribution in [1.82, 2.24) is 9.97 Å². The molecule has 3 aromatic carbocycles. The molecule has 4 nitrogen and oxygen atoms in total. The fraction of sp³-hybridized carbons (Fsp3) is 0.0455. The first-order valence-electron chi connectivity index (χ1n) is 8.25. The van der Waals surface area contributed by atoms with Gasteiger partial charge in [0.15, 0.2) is 5.78 Å². The van der Waals surface area contributed by atoms with Crippen LogP contribution in [-0.4, -0.2) is 22.9 Å². The molecule has 0 aliphatic rings. The van der Waals surface area contributed by atoms with E-state index in [1.165, 1.54) is 0 Å². The fourth-order valence-electron chi connectivity index (χ4n) is 2.81. The molecule has 1 heterocycles. The number of hydrogen-bond acceptors (Lipinski definition) is 4. The maximum absolute atomic E-state index is 12.6. The zero-order chi connectivity index (χ0) is 17.9. The molecule has 4 heteroatoms. The molecule has 1 aromatic heterocycles. The van der Waals surface area contributed by atoms with Crippen molar-refractivity contribution in [1.29, 1.82) is 0 Å². The van der Waals surface area contributed by atoms with Gasteiger partial charge in [-0.25, -0.2) is 4.98 Å². The van der Waals surface area contributed by atoms with Gasteiger partial charge in [0.2, 0.25) is 0 Å². The Labute approximate surface area is 151 Å². The van der Waals surface area contributed by atoms with Gasteiger partial charge in [-0.3, -0.25) is 9.78 Å². The first-order valence-corrected chi connectivity index (χ1v) is 8.25. The second-order valence-corrected chi connectivity index (χ2v) is 5.88. The van der Waals surface area contributed by atoms with E-state index >= 15 is 0 Å². The molecular weight excluding hydrogens is 324 g/mol. The lowest BCUT2D eigenvalue weighted by Crippen LogP contribution is -2.01. The summed E-state index contributed by atoms with van der Waals surface area (Å²) < 4.78 is 5.18. The first-order chi connectivity index (χ1) is 12.7. The molecule has 0 saturated heterocycles. The predicted octanol–water partition coefficient (Wildman–Crippen LogP) is 4.54. The summed E-state index contributed by atoms with van der Waals surface area (Å²) in [6, 6.07) is 22.3. The SMILES string of the molecule is COc1ccc(-c2cnc3cc(C(=O)c4ccccc4)ccc3n2)cc1. The molecule has 0 atom stereocenters. The second kappa shape index (κ2) is 6.76. The molecule has 126 valence electrons. The van der Waals surface area contributed by atoms with Crippen molar-refractivity contribution in [2.24, 2.45) is 0 Å². The number of rotatable bonds is 4. The summed E-state index contributed by atoms with van der Waals surface area (Å²) in [7, 11) is 1.64. The van der Waals surface area contributed by atoms with Gasteiger partial charge in [-0.1, -0.05) is 30.3 Å². The average Bonchev–Trinajstić information content (AvgIpc) is 2.73. The van der Waals surface area contributed by atoms with Crippen LogP contribution in [0.2, 0.25) is 0 Å². The number of ether oxygens (including phenoxy) is 1. The Morgan fingerprint density at radius 1 is 0.846 bits per heavy atom. The van der Waals surface area contributed by atoms with Crippen molar-refractivity contribution in [2.75, 3.05) is 7.11 Å². The Kier molecular flexibility index (Phi) is 4.15. The molecular formula is C22H16N2O2. The summed E-state index contributed by atoms with van der Waals surface area (Å²) in [5.74, 6) is 0.778. The third kappa shape index (κ3) is 3.05. The molecule has 0 spiro atoms. The van der Waals surface area contributed by atoms with Gasteiger partial charge >= 0.3 is 0 Å². The highest BCUT2D eigenvalue weighted by Crippen LogP contribution is 2.23. The number of methoxy groups -OCH3 is 1. The Morgan fingerprint density at radius 2 is 1.62 bits per heavy atom. The standard InChI is InChI=1S/C22H16N2O2/c1-26-18-10-7-15(8-11-18)21-14-23-20-13-17(9-12-19(20)24-21)22(25)16-5-3-2-4-6-16/h2-14H,1H3. The van der Waals surface area contributed by atoms with Crippen LogP contribution < -0.4 is 4.74 Å². The molecule has 0 amide bonds. The molecule has 26 heavy (non-hydrogen) atoms. The number of carbonyl (C=O) groups excluding carboxylic acids is 1. The maximum Gasteiger partial charge on any atom is 0.193 e. The third-order valence-electron chi connectivity index (χ3n) is 4.23. The van der Waals surface area contributed by atoms with E-state index in [2.05, 4.69) is 9.97 Å². The minimum atomic E-state index is -0.0199. The zero-order valence-electron chi connectivity index (χ0n) is 14.2. The van der Waals surface area contributed by atoms with Gasteiger partial charge < -0.3 is 4.74 Å². The molecule has 0 bridgehead atoms. The number of hydrogen-bond donors (Lipinski definition) is 0. The quantitative estimate of drug-likeness (QED) is 0.512. The zero-order valence-corrected chi connectivity index (χ0v) is 14.2. The number of nitrogens with zero attached hydrogens (tertiary/aromatic N) is 2. The topological polar surface area (TPSA) is 52.1 Å². The van der Waals surface area contributed by atoms with Crippen LogP contribution in [0, 0.1) is 0 Å². The maximum atomic E-state index is 12.6. The smallest absolute Gasteiger partial charge is 0.193 e. The molecule has 0 unspecified atom stereocenters. The van der Waals surface area contributed by atoms with Gasteiger partial charge in [-0.15, -0.1) is 0 Å². The van der Waals surface area contributed by atoms with Gasteiger partial charge in [0, 0.05) is 16.7 Å². The first kappa shape index (κ1) is 16.0. The molecule has 4 aromatic rings. The monoisotopic (exact) mass is 340 g/mol. The number of carbonyl (C=O) groups is 1. The van der Waals surface area contributed by atoms with Crippen molar-refractivity contribution in [3.63, 3.8) is 0 Å². The highest BCUT2D eigenvalue weighted by Gasteiger charge is 2.10. The number of fused-ring (bicyclic) bond motifs is 1. The Morgan fingerprint density at radius 3 is 2.35 bits per heavy atom. The van der Waals surface area contributed by atoms with Gasteiger partial charge in [0.1, 0.15) is 5.75 Å². The van der Waals surface area contributed by atoms with Crippen molar-refractivity contribution in [3.05, 3.63) is 90.1 Å². The van der Waals surface area contributed by atoms with Crippen LogP contribution in [0.5, 0.6) is 5.75 Å². The second-order valence-electron chi connectivity index (χ2n) is 5.88. The number of ketones is 1. The van der Waals surface area contributed by atoms with E-state index in [9.17, 15) is 4.79 Å². The molecule has 0 radical (unpaired) electrons. The van der Waals surface area contributed by atoms with E-state index in [-0.39, 0.29) is 5.78 Å². The van der Waals surface area contributed by atoms with Crippen LogP contribution in [0.4, 0.5) is 0 Å². The molecule has 0 N–H and O–H groups in total. The molecule has 0 fully saturated rings. The fourth-order valence-corrected chi connectivity index (χ4v) is 2.81. The summed E-state index contributed by atoms with van der Waals surface area (Å²) in [6.07, 6.45) is 1.72. The van der Waals surface area contributed by atoms with E-state index in [1.807, 2.05) is 60.7 Å². The lowest BCUT2D eigenvalue weighted by molar-refractivity contribution is 0.103. The highest BCUT2D eigenvalue weighted by atomic mass is 16.5. The van der Waals surface area contributed by atoms with Crippen LogP contribution in [0.1, 0.15) is 15.9 Å². The highest BCUT2D eigenvalue weighted by molar-refractivity contribution is 6.10. The number of benzene rings is 3. The molecule has 4 rings (SSSR count). The van der Waals surface area contributed by atoms with Crippen LogP contribution in [0.25, 0.3) is 22.3 Å². The average molecular weight is 340 g/mol. The third-order valence-corrected chi connectivity index (χ3v) is 4.23. The van der Waals surface area contributed by atoms with E-state index in [0.29, 0.717) is 16.6 Å². The van der Waals surface area contributed by atoms with Crippen LogP contribution in [-0.2, 0) is 0 Å². The van der Waals surface area contributed by atoms with Gasteiger partial charge in [-0.2, -0.15) is 0 Å². The van der Waals surface area contributed by atoms with E-state index in [1.54, 1.807) is 25.4 Å². The summed E-state index contributed by atoms with van der Waals surface area (Å²) in [5, 5.41) is 0. The molecule has 0 aliphatic carbocycles. The summed E-state index contributed by atoms with van der Waals surface area (Å²) in [4.78, 5) is 21.7. The van der Waals surface area contributed by atoms with Crippen LogP contribution in [0.3, 0.4) is 0 Å². The van der Waals surface area contributed by atoms with Gasteiger partial charge in [-0.05, 0) is 42.5 Å². The lowest BCUT2D eigenvalue weighted by Gasteiger charge is -2.06. The minimum absolute atomic E-state index is 0.0199. The summed E-state index contributed by atoms with van der Waals surface area (Å²) in [5.41, 5.74) is 4.46. The van der Waals surface area contributed by atoms with E-state index in [0.717, 1.165) is 22.5 Å². The van der Waals surface area contributed by atoms with Crippen LogP contribution >= 0.6 is 0 Å². The Hall–Kier alpha value is -3.53. The van der Waals surface area contributed by atoms with Gasteiger partial charge in [0.05, 0.1) is 30.0 Å².